The molecule has 0 bridgehead atoms. The summed E-state index contributed by atoms with van der Waals surface area (Å²) in [4.78, 5) is 18.6. The number of alkyl halides is 3. The SMILES string of the molecule is Cc1nc(NC2CCN(S(=O)(=O)c3ccc(C(F)(F)F)cc3)CC2)[nH]c(=O)c1C. The summed E-state index contributed by atoms with van der Waals surface area (Å²) in [5, 5.41) is 3.11. The van der Waals surface area contributed by atoms with Crippen LogP contribution in [0.2, 0.25) is 0 Å². The predicted octanol–water partition coefficient (Wildman–Crippen LogP) is 2.67. The minimum Gasteiger partial charge on any atom is -0.353 e. The normalized spacial score (nSPS) is 16.7. The zero-order valence-corrected chi connectivity index (χ0v) is 16.7. The number of aromatic nitrogens is 2. The molecule has 1 aromatic carbocycles. The van der Waals surface area contributed by atoms with Crippen LogP contribution in [0.25, 0.3) is 0 Å². The summed E-state index contributed by atoms with van der Waals surface area (Å²) in [5.74, 6) is 0.335. The molecule has 1 fully saturated rings. The topological polar surface area (TPSA) is 95.2 Å². The summed E-state index contributed by atoms with van der Waals surface area (Å²) in [7, 11) is -3.87. The molecule has 158 valence electrons. The Hall–Kier alpha value is -2.40. The van der Waals surface area contributed by atoms with Gasteiger partial charge in [0.15, 0.2) is 0 Å². The number of nitrogens with zero attached hydrogens (tertiary/aromatic N) is 2. The molecular formula is C18H21F3N4O3S. The monoisotopic (exact) mass is 430 g/mol. The minimum absolute atomic E-state index is 0.0840. The van der Waals surface area contributed by atoms with Crippen LogP contribution in [0.4, 0.5) is 19.1 Å². The standard InChI is InChI=1S/C18H21F3N4O3S/c1-11-12(2)22-17(24-16(11)26)23-14-7-9-25(10-8-14)29(27,28)15-5-3-13(4-6-15)18(19,20)21/h3-6,14H,7-10H2,1-2H3,(H2,22,23,24,26). The fourth-order valence-corrected chi connectivity index (χ4v) is 4.58. The van der Waals surface area contributed by atoms with E-state index in [0.717, 1.165) is 24.3 Å². The van der Waals surface area contributed by atoms with Gasteiger partial charge in [0.25, 0.3) is 5.56 Å². The maximum atomic E-state index is 12.7. The molecule has 29 heavy (non-hydrogen) atoms. The Bertz CT molecular complexity index is 1040. The van der Waals surface area contributed by atoms with Crippen molar-refractivity contribution >= 4 is 16.0 Å². The quantitative estimate of drug-likeness (QED) is 0.778. The Morgan fingerprint density at radius 2 is 1.72 bits per heavy atom. The van der Waals surface area contributed by atoms with Gasteiger partial charge in [0.2, 0.25) is 16.0 Å². The number of sulfonamides is 1. The number of anilines is 1. The van der Waals surface area contributed by atoms with Gasteiger partial charge in [-0.05, 0) is 51.0 Å². The van der Waals surface area contributed by atoms with E-state index in [4.69, 9.17) is 0 Å². The fourth-order valence-electron chi connectivity index (χ4n) is 3.11. The molecule has 0 saturated carbocycles. The Kier molecular flexibility index (Phi) is 5.72. The van der Waals surface area contributed by atoms with Gasteiger partial charge in [-0.15, -0.1) is 0 Å². The van der Waals surface area contributed by atoms with Crippen LogP contribution in [0.5, 0.6) is 0 Å². The highest BCUT2D eigenvalue weighted by atomic mass is 32.2. The molecule has 0 aliphatic carbocycles. The van der Waals surface area contributed by atoms with Crippen molar-refractivity contribution in [2.24, 2.45) is 0 Å². The molecule has 2 aromatic rings. The van der Waals surface area contributed by atoms with E-state index in [0.29, 0.717) is 30.0 Å². The van der Waals surface area contributed by atoms with Crippen molar-refractivity contribution < 1.29 is 21.6 Å². The number of piperidine rings is 1. The smallest absolute Gasteiger partial charge is 0.353 e. The molecule has 0 unspecified atom stereocenters. The van der Waals surface area contributed by atoms with Crippen LogP contribution in [-0.4, -0.2) is 41.8 Å². The molecule has 0 amide bonds. The van der Waals surface area contributed by atoms with E-state index in [9.17, 15) is 26.4 Å². The average Bonchev–Trinajstić information content (AvgIpc) is 2.66. The fraction of sp³-hybridized carbons (Fsp3) is 0.444. The molecule has 1 aromatic heterocycles. The molecular weight excluding hydrogens is 409 g/mol. The first kappa shape index (κ1) is 21.3. The van der Waals surface area contributed by atoms with E-state index in [2.05, 4.69) is 15.3 Å². The molecule has 3 rings (SSSR count). The Balaban J connectivity index is 1.66. The molecule has 1 aliphatic rings. The van der Waals surface area contributed by atoms with Gasteiger partial charge in [-0.3, -0.25) is 9.78 Å². The Morgan fingerprint density at radius 1 is 1.14 bits per heavy atom. The predicted molar refractivity (Wildman–Crippen MR) is 101 cm³/mol. The van der Waals surface area contributed by atoms with Crippen LogP contribution in [0.3, 0.4) is 0 Å². The number of hydrogen-bond acceptors (Lipinski definition) is 5. The number of halogens is 3. The molecule has 1 aliphatic heterocycles. The third kappa shape index (κ3) is 4.61. The van der Waals surface area contributed by atoms with Crippen molar-refractivity contribution in [1.29, 1.82) is 0 Å². The molecule has 2 heterocycles. The number of hydrogen-bond donors (Lipinski definition) is 2. The van der Waals surface area contributed by atoms with E-state index >= 15 is 0 Å². The van der Waals surface area contributed by atoms with Crippen molar-refractivity contribution in [3.63, 3.8) is 0 Å². The number of benzene rings is 1. The number of aryl methyl sites for hydroxylation is 1. The first-order chi connectivity index (χ1) is 13.5. The third-order valence-electron chi connectivity index (χ3n) is 5.01. The summed E-state index contributed by atoms with van der Waals surface area (Å²) in [6, 6.07) is 3.41. The highest BCUT2D eigenvalue weighted by molar-refractivity contribution is 7.89. The lowest BCUT2D eigenvalue weighted by Crippen LogP contribution is -2.42. The van der Waals surface area contributed by atoms with Crippen LogP contribution in [0, 0.1) is 13.8 Å². The first-order valence-corrected chi connectivity index (χ1v) is 10.4. The van der Waals surface area contributed by atoms with E-state index in [1.54, 1.807) is 13.8 Å². The van der Waals surface area contributed by atoms with E-state index < -0.39 is 21.8 Å². The van der Waals surface area contributed by atoms with Crippen molar-refractivity contribution in [2.75, 3.05) is 18.4 Å². The van der Waals surface area contributed by atoms with Gasteiger partial charge in [-0.1, -0.05) is 0 Å². The summed E-state index contributed by atoms with van der Waals surface area (Å²) < 4.78 is 64.7. The number of H-pyrrole nitrogens is 1. The third-order valence-corrected chi connectivity index (χ3v) is 6.92. The maximum Gasteiger partial charge on any atom is 0.416 e. The van der Waals surface area contributed by atoms with Crippen LogP contribution in [-0.2, 0) is 16.2 Å². The van der Waals surface area contributed by atoms with Crippen molar-refractivity contribution in [3.05, 3.63) is 51.4 Å². The van der Waals surface area contributed by atoms with Gasteiger partial charge in [0, 0.05) is 30.4 Å². The van der Waals surface area contributed by atoms with E-state index in [-0.39, 0.29) is 29.6 Å². The summed E-state index contributed by atoms with van der Waals surface area (Å²) in [6.07, 6.45) is -3.58. The highest BCUT2D eigenvalue weighted by Gasteiger charge is 2.33. The van der Waals surface area contributed by atoms with Crippen molar-refractivity contribution in [1.82, 2.24) is 14.3 Å². The van der Waals surface area contributed by atoms with Gasteiger partial charge in [0.1, 0.15) is 0 Å². The highest BCUT2D eigenvalue weighted by Crippen LogP contribution is 2.30. The largest absolute Gasteiger partial charge is 0.416 e. The number of rotatable bonds is 4. The zero-order valence-electron chi connectivity index (χ0n) is 15.9. The zero-order chi connectivity index (χ0) is 21.4. The van der Waals surface area contributed by atoms with Crippen LogP contribution in [0.1, 0.15) is 29.7 Å². The molecule has 7 nitrogen and oxygen atoms in total. The lowest BCUT2D eigenvalue weighted by molar-refractivity contribution is -0.137. The summed E-state index contributed by atoms with van der Waals surface area (Å²) in [6.45, 7) is 3.82. The minimum atomic E-state index is -4.52. The molecule has 1 saturated heterocycles. The van der Waals surface area contributed by atoms with E-state index in [1.807, 2.05) is 0 Å². The van der Waals surface area contributed by atoms with Crippen molar-refractivity contribution in [3.8, 4) is 0 Å². The molecule has 0 atom stereocenters. The number of nitrogens with one attached hydrogen (secondary N) is 2. The van der Waals surface area contributed by atoms with Gasteiger partial charge in [-0.2, -0.15) is 17.5 Å². The average molecular weight is 430 g/mol. The van der Waals surface area contributed by atoms with Gasteiger partial charge < -0.3 is 5.32 Å². The van der Waals surface area contributed by atoms with Crippen LogP contribution >= 0.6 is 0 Å². The second-order valence-electron chi connectivity index (χ2n) is 6.97. The lowest BCUT2D eigenvalue weighted by atomic mass is 10.1. The Morgan fingerprint density at radius 3 is 2.24 bits per heavy atom. The molecule has 11 heteroatoms. The molecule has 0 radical (unpaired) electrons. The second-order valence-corrected chi connectivity index (χ2v) is 8.91. The van der Waals surface area contributed by atoms with Crippen LogP contribution < -0.4 is 10.9 Å². The molecule has 2 N–H and O–H groups in total. The first-order valence-electron chi connectivity index (χ1n) is 9.00. The Labute approximate surface area is 166 Å². The van der Waals surface area contributed by atoms with Crippen molar-refractivity contribution in [2.45, 2.75) is 43.8 Å². The van der Waals surface area contributed by atoms with E-state index in [1.165, 1.54) is 4.31 Å². The lowest BCUT2D eigenvalue weighted by Gasteiger charge is -2.31. The van der Waals surface area contributed by atoms with Gasteiger partial charge >= 0.3 is 6.18 Å². The number of aromatic amines is 1. The van der Waals surface area contributed by atoms with Gasteiger partial charge in [-0.25, -0.2) is 13.4 Å². The van der Waals surface area contributed by atoms with Crippen LogP contribution in [0.15, 0.2) is 34.0 Å². The summed E-state index contributed by atoms with van der Waals surface area (Å²) in [5.41, 5.74) is 0.0168. The summed E-state index contributed by atoms with van der Waals surface area (Å²) >= 11 is 0. The second kappa shape index (κ2) is 7.79. The van der Waals surface area contributed by atoms with Gasteiger partial charge in [0.05, 0.1) is 10.5 Å². The maximum absolute atomic E-state index is 12.7. The molecule has 0 spiro atoms.